The van der Waals surface area contributed by atoms with Crippen LogP contribution >= 0.6 is 0 Å². The zero-order valence-electron chi connectivity index (χ0n) is 8.76. The van der Waals surface area contributed by atoms with E-state index in [1.807, 2.05) is 0 Å². The number of rotatable bonds is 5. The Labute approximate surface area is 81.7 Å². The molecular weight excluding hydrogens is 162 g/mol. The minimum Gasteiger partial charge on any atom is -0.317 e. The van der Waals surface area contributed by atoms with Crippen molar-refractivity contribution in [1.29, 1.82) is 0 Å². The predicted molar refractivity (Wildman–Crippen MR) is 54.8 cm³/mol. The summed E-state index contributed by atoms with van der Waals surface area (Å²) in [7, 11) is 0. The predicted octanol–water partition coefficient (Wildman–Crippen LogP) is 3.10. The number of hydrogen-bond donors (Lipinski definition) is 2. The van der Waals surface area contributed by atoms with E-state index in [1.165, 1.54) is 44.9 Å². The molecule has 0 spiro atoms. The number of hydrogen-bond acceptors (Lipinski definition) is 2. The van der Waals surface area contributed by atoms with E-state index in [2.05, 4.69) is 12.4 Å². The number of hydroxylamine groups is 1. The molecule has 0 bridgehead atoms. The van der Waals surface area contributed by atoms with Crippen LogP contribution in [0.25, 0.3) is 0 Å². The molecule has 1 saturated carbocycles. The smallest absolute Gasteiger partial charge is 0.0347 e. The van der Waals surface area contributed by atoms with Gasteiger partial charge in [-0.2, -0.15) is 0 Å². The van der Waals surface area contributed by atoms with Crippen molar-refractivity contribution in [2.24, 2.45) is 5.92 Å². The number of unbranched alkanes of at least 4 members (excludes halogenated alkanes) is 2. The molecule has 78 valence electrons. The summed E-state index contributed by atoms with van der Waals surface area (Å²) in [6, 6.07) is 0.380. The molecule has 1 fully saturated rings. The van der Waals surface area contributed by atoms with E-state index in [9.17, 15) is 0 Å². The summed E-state index contributed by atoms with van der Waals surface area (Å²) in [5, 5.41) is 8.97. The van der Waals surface area contributed by atoms with E-state index in [-0.39, 0.29) is 0 Å². The summed E-state index contributed by atoms with van der Waals surface area (Å²) in [5.41, 5.74) is 2.48. The molecular formula is C11H23NO. The van der Waals surface area contributed by atoms with E-state index in [0.717, 1.165) is 12.3 Å². The van der Waals surface area contributed by atoms with Gasteiger partial charge < -0.3 is 5.21 Å². The Morgan fingerprint density at radius 3 is 2.69 bits per heavy atom. The Kier molecular flexibility index (Phi) is 5.40. The van der Waals surface area contributed by atoms with Gasteiger partial charge in [-0.3, -0.25) is 0 Å². The van der Waals surface area contributed by atoms with Gasteiger partial charge in [-0.25, -0.2) is 5.48 Å². The maximum Gasteiger partial charge on any atom is 0.0347 e. The monoisotopic (exact) mass is 185 g/mol. The molecule has 13 heavy (non-hydrogen) atoms. The quantitative estimate of drug-likeness (QED) is 0.509. The first kappa shape index (κ1) is 11.0. The van der Waals surface area contributed by atoms with Crippen LogP contribution in [-0.2, 0) is 0 Å². The van der Waals surface area contributed by atoms with Gasteiger partial charge in [-0.05, 0) is 25.2 Å². The van der Waals surface area contributed by atoms with Crippen molar-refractivity contribution in [3.8, 4) is 0 Å². The van der Waals surface area contributed by atoms with Crippen LogP contribution < -0.4 is 5.48 Å². The van der Waals surface area contributed by atoms with Crippen LogP contribution in [0.4, 0.5) is 0 Å². The van der Waals surface area contributed by atoms with Crippen LogP contribution in [0, 0.1) is 5.92 Å². The van der Waals surface area contributed by atoms with Crippen LogP contribution in [0.2, 0.25) is 0 Å². The SMILES string of the molecule is CCCCCC1CCCCC1NO. The molecule has 0 aromatic carbocycles. The lowest BCUT2D eigenvalue weighted by atomic mass is 9.82. The Bertz CT molecular complexity index is 127. The first-order valence-electron chi connectivity index (χ1n) is 5.78. The summed E-state index contributed by atoms with van der Waals surface area (Å²) in [5.74, 6) is 0.727. The maximum absolute atomic E-state index is 8.97. The average Bonchev–Trinajstić information content (AvgIpc) is 2.19. The van der Waals surface area contributed by atoms with Crippen molar-refractivity contribution in [3.63, 3.8) is 0 Å². The molecule has 2 heteroatoms. The lowest BCUT2D eigenvalue weighted by molar-refractivity contribution is 0.0718. The summed E-state index contributed by atoms with van der Waals surface area (Å²) in [6.07, 6.45) is 10.4. The van der Waals surface area contributed by atoms with Gasteiger partial charge in [-0.1, -0.05) is 39.0 Å². The molecule has 2 unspecified atom stereocenters. The van der Waals surface area contributed by atoms with Crippen LogP contribution in [0.5, 0.6) is 0 Å². The first-order valence-corrected chi connectivity index (χ1v) is 5.78. The molecule has 0 aromatic heterocycles. The van der Waals surface area contributed by atoms with Gasteiger partial charge in [0.15, 0.2) is 0 Å². The van der Waals surface area contributed by atoms with E-state index in [0.29, 0.717) is 6.04 Å². The molecule has 2 atom stereocenters. The maximum atomic E-state index is 8.97. The molecule has 0 heterocycles. The van der Waals surface area contributed by atoms with Crippen molar-refractivity contribution >= 4 is 0 Å². The third-order valence-corrected chi connectivity index (χ3v) is 3.25. The average molecular weight is 185 g/mol. The lowest BCUT2D eigenvalue weighted by Gasteiger charge is -2.30. The standard InChI is InChI=1S/C11H23NO/c1-2-3-4-7-10-8-5-6-9-11(10)12-13/h10-13H,2-9H2,1H3. The molecule has 0 aromatic rings. The normalized spacial score (nSPS) is 29.1. The van der Waals surface area contributed by atoms with Gasteiger partial charge in [0.25, 0.3) is 0 Å². The van der Waals surface area contributed by atoms with Crippen LogP contribution in [0.15, 0.2) is 0 Å². The minimum absolute atomic E-state index is 0.380. The van der Waals surface area contributed by atoms with Crippen molar-refractivity contribution in [2.45, 2.75) is 64.3 Å². The molecule has 1 aliphatic rings. The molecule has 1 aliphatic carbocycles. The van der Waals surface area contributed by atoms with Crippen LogP contribution in [-0.4, -0.2) is 11.2 Å². The van der Waals surface area contributed by atoms with E-state index in [4.69, 9.17) is 5.21 Å². The van der Waals surface area contributed by atoms with E-state index >= 15 is 0 Å². The fraction of sp³-hybridized carbons (Fsp3) is 1.00. The Balaban J connectivity index is 2.19. The van der Waals surface area contributed by atoms with Gasteiger partial charge in [0.2, 0.25) is 0 Å². The highest BCUT2D eigenvalue weighted by Crippen LogP contribution is 2.28. The fourth-order valence-corrected chi connectivity index (χ4v) is 2.38. The largest absolute Gasteiger partial charge is 0.317 e. The molecule has 0 saturated heterocycles. The molecule has 2 nitrogen and oxygen atoms in total. The minimum atomic E-state index is 0.380. The zero-order valence-corrected chi connectivity index (χ0v) is 8.76. The van der Waals surface area contributed by atoms with E-state index in [1.54, 1.807) is 0 Å². The van der Waals surface area contributed by atoms with Gasteiger partial charge in [0.05, 0.1) is 0 Å². The molecule has 0 amide bonds. The Morgan fingerprint density at radius 2 is 2.00 bits per heavy atom. The van der Waals surface area contributed by atoms with Gasteiger partial charge in [0, 0.05) is 6.04 Å². The molecule has 1 rings (SSSR count). The highest BCUT2D eigenvalue weighted by molar-refractivity contribution is 4.78. The third kappa shape index (κ3) is 3.65. The lowest BCUT2D eigenvalue weighted by Crippen LogP contribution is -2.36. The second-order valence-electron chi connectivity index (χ2n) is 4.28. The van der Waals surface area contributed by atoms with Gasteiger partial charge >= 0.3 is 0 Å². The Morgan fingerprint density at radius 1 is 1.23 bits per heavy atom. The van der Waals surface area contributed by atoms with Crippen molar-refractivity contribution in [2.75, 3.05) is 0 Å². The summed E-state index contributed by atoms with van der Waals surface area (Å²) in [6.45, 7) is 2.24. The zero-order chi connectivity index (χ0) is 9.52. The fourth-order valence-electron chi connectivity index (χ4n) is 2.38. The topological polar surface area (TPSA) is 32.3 Å². The summed E-state index contributed by atoms with van der Waals surface area (Å²) < 4.78 is 0. The second-order valence-corrected chi connectivity index (χ2v) is 4.28. The second kappa shape index (κ2) is 6.39. The first-order chi connectivity index (χ1) is 6.38. The highest BCUT2D eigenvalue weighted by Gasteiger charge is 2.23. The van der Waals surface area contributed by atoms with Crippen LogP contribution in [0.1, 0.15) is 58.3 Å². The van der Waals surface area contributed by atoms with E-state index < -0.39 is 0 Å². The van der Waals surface area contributed by atoms with Crippen molar-refractivity contribution in [3.05, 3.63) is 0 Å². The molecule has 2 N–H and O–H groups in total. The highest BCUT2D eigenvalue weighted by atomic mass is 16.5. The summed E-state index contributed by atoms with van der Waals surface area (Å²) >= 11 is 0. The van der Waals surface area contributed by atoms with Crippen LogP contribution in [0.3, 0.4) is 0 Å². The van der Waals surface area contributed by atoms with Crippen molar-refractivity contribution in [1.82, 2.24) is 5.48 Å². The third-order valence-electron chi connectivity index (χ3n) is 3.25. The Hall–Kier alpha value is -0.0800. The molecule has 0 aliphatic heterocycles. The van der Waals surface area contributed by atoms with Crippen molar-refractivity contribution < 1.29 is 5.21 Å². The molecule has 0 radical (unpaired) electrons. The number of nitrogens with one attached hydrogen (secondary N) is 1. The van der Waals surface area contributed by atoms with Gasteiger partial charge in [0.1, 0.15) is 0 Å². The summed E-state index contributed by atoms with van der Waals surface area (Å²) in [4.78, 5) is 0. The van der Waals surface area contributed by atoms with Gasteiger partial charge in [-0.15, -0.1) is 0 Å².